The van der Waals surface area contributed by atoms with E-state index >= 15 is 0 Å². The smallest absolute Gasteiger partial charge is 0.224 e. The highest BCUT2D eigenvalue weighted by molar-refractivity contribution is 5.94. The fraction of sp³-hybridized carbons (Fsp3) is 0.0870. The van der Waals surface area contributed by atoms with Gasteiger partial charge in [0, 0.05) is 23.2 Å². The number of fused-ring (bicyclic) bond motifs is 1. The molecule has 4 heteroatoms. The van der Waals surface area contributed by atoms with E-state index in [4.69, 9.17) is 9.97 Å². The van der Waals surface area contributed by atoms with Gasteiger partial charge in [-0.05, 0) is 18.2 Å². The lowest BCUT2D eigenvalue weighted by atomic mass is 10.0. The van der Waals surface area contributed by atoms with Gasteiger partial charge in [-0.25, -0.2) is 9.97 Å². The molecule has 0 bridgehead atoms. The van der Waals surface area contributed by atoms with Crippen molar-refractivity contribution < 1.29 is 4.79 Å². The molecule has 4 nitrogen and oxygen atoms in total. The van der Waals surface area contributed by atoms with E-state index in [1.807, 2.05) is 85.8 Å². The van der Waals surface area contributed by atoms with Gasteiger partial charge in [0.2, 0.25) is 5.91 Å². The Morgan fingerprint density at radius 1 is 0.778 bits per heavy atom. The fourth-order valence-corrected chi connectivity index (χ4v) is 2.98. The number of rotatable bonds is 4. The van der Waals surface area contributed by atoms with Crippen LogP contribution in [0.25, 0.3) is 33.5 Å². The quantitative estimate of drug-likeness (QED) is 0.541. The summed E-state index contributed by atoms with van der Waals surface area (Å²) in [6, 6.07) is 25.7. The number of carbonyl (C=O) groups excluding carboxylic acids is 1. The summed E-state index contributed by atoms with van der Waals surface area (Å²) < 4.78 is 0. The third-order valence-corrected chi connectivity index (χ3v) is 4.36. The zero-order valence-electron chi connectivity index (χ0n) is 15.0. The molecule has 0 unspecified atom stereocenters. The molecule has 27 heavy (non-hydrogen) atoms. The molecule has 1 amide bonds. The fourth-order valence-electron chi connectivity index (χ4n) is 2.98. The standard InChI is InChI=1S/C23H19N3O/c1-2-21(27)24-18-13-14-19-20(15-18)26-23(17-11-7-4-8-12-17)22(25-19)16-9-5-3-6-10-16/h3-15H,2H2,1H3,(H,24,27). The summed E-state index contributed by atoms with van der Waals surface area (Å²) in [6.07, 6.45) is 0.436. The Morgan fingerprint density at radius 2 is 1.33 bits per heavy atom. The molecule has 0 saturated heterocycles. The summed E-state index contributed by atoms with van der Waals surface area (Å²) >= 11 is 0. The average Bonchev–Trinajstić information content (AvgIpc) is 2.74. The minimum atomic E-state index is -0.0218. The molecule has 3 aromatic carbocycles. The first-order valence-electron chi connectivity index (χ1n) is 8.97. The van der Waals surface area contributed by atoms with Crippen LogP contribution in [0.5, 0.6) is 0 Å². The predicted octanol–water partition coefficient (Wildman–Crippen LogP) is 5.31. The minimum Gasteiger partial charge on any atom is -0.326 e. The second kappa shape index (κ2) is 7.38. The van der Waals surface area contributed by atoms with Gasteiger partial charge in [-0.3, -0.25) is 4.79 Å². The van der Waals surface area contributed by atoms with Crippen molar-refractivity contribution in [2.75, 3.05) is 5.32 Å². The predicted molar refractivity (Wildman–Crippen MR) is 109 cm³/mol. The van der Waals surface area contributed by atoms with Crippen LogP contribution in [0.15, 0.2) is 78.9 Å². The molecule has 1 aromatic heterocycles. The van der Waals surface area contributed by atoms with Crippen molar-refractivity contribution in [3.8, 4) is 22.5 Å². The van der Waals surface area contributed by atoms with Crippen LogP contribution in [0.3, 0.4) is 0 Å². The summed E-state index contributed by atoms with van der Waals surface area (Å²) in [5, 5.41) is 2.88. The van der Waals surface area contributed by atoms with Gasteiger partial charge >= 0.3 is 0 Å². The molecule has 0 spiro atoms. The second-order valence-corrected chi connectivity index (χ2v) is 6.26. The maximum atomic E-state index is 11.7. The van der Waals surface area contributed by atoms with E-state index < -0.39 is 0 Å². The maximum absolute atomic E-state index is 11.7. The van der Waals surface area contributed by atoms with Gasteiger partial charge in [-0.1, -0.05) is 67.6 Å². The van der Waals surface area contributed by atoms with E-state index in [0.717, 1.165) is 39.2 Å². The zero-order chi connectivity index (χ0) is 18.6. The van der Waals surface area contributed by atoms with Crippen molar-refractivity contribution in [2.45, 2.75) is 13.3 Å². The number of benzene rings is 3. The normalized spacial score (nSPS) is 10.7. The van der Waals surface area contributed by atoms with Crippen LogP contribution in [0.4, 0.5) is 5.69 Å². The second-order valence-electron chi connectivity index (χ2n) is 6.26. The summed E-state index contributed by atoms with van der Waals surface area (Å²) in [5.74, 6) is -0.0218. The molecule has 0 saturated carbocycles. The van der Waals surface area contributed by atoms with Gasteiger partial charge in [-0.15, -0.1) is 0 Å². The Kier molecular flexibility index (Phi) is 4.62. The molecule has 0 aliphatic heterocycles. The van der Waals surface area contributed by atoms with Gasteiger partial charge in [0.25, 0.3) is 0 Å². The SMILES string of the molecule is CCC(=O)Nc1ccc2nc(-c3ccccc3)c(-c3ccccc3)nc2c1. The highest BCUT2D eigenvalue weighted by Gasteiger charge is 2.13. The van der Waals surface area contributed by atoms with E-state index in [-0.39, 0.29) is 5.91 Å². The summed E-state index contributed by atoms with van der Waals surface area (Å²) in [6.45, 7) is 1.83. The molecular formula is C23H19N3O. The van der Waals surface area contributed by atoms with E-state index in [1.165, 1.54) is 0 Å². The third-order valence-electron chi connectivity index (χ3n) is 4.36. The third kappa shape index (κ3) is 3.55. The highest BCUT2D eigenvalue weighted by Crippen LogP contribution is 2.31. The Labute approximate surface area is 157 Å². The van der Waals surface area contributed by atoms with Gasteiger partial charge < -0.3 is 5.32 Å². The monoisotopic (exact) mass is 353 g/mol. The van der Waals surface area contributed by atoms with Crippen molar-refractivity contribution in [2.24, 2.45) is 0 Å². The molecule has 4 aromatic rings. The number of nitrogens with one attached hydrogen (secondary N) is 1. The molecule has 0 aliphatic rings. The molecule has 0 aliphatic carbocycles. The average molecular weight is 353 g/mol. The molecule has 0 fully saturated rings. The van der Waals surface area contributed by atoms with Crippen molar-refractivity contribution in [3.63, 3.8) is 0 Å². The molecule has 1 heterocycles. The number of anilines is 1. The summed E-state index contributed by atoms with van der Waals surface area (Å²) in [4.78, 5) is 21.5. The van der Waals surface area contributed by atoms with E-state index in [2.05, 4.69) is 5.32 Å². The lowest BCUT2D eigenvalue weighted by Gasteiger charge is -2.11. The van der Waals surface area contributed by atoms with Gasteiger partial charge in [0.05, 0.1) is 22.4 Å². The first-order valence-corrected chi connectivity index (χ1v) is 8.97. The largest absolute Gasteiger partial charge is 0.326 e. The van der Waals surface area contributed by atoms with Crippen LogP contribution < -0.4 is 5.32 Å². The summed E-state index contributed by atoms with van der Waals surface area (Å²) in [5.41, 5.74) is 5.98. The highest BCUT2D eigenvalue weighted by atomic mass is 16.1. The van der Waals surface area contributed by atoms with Crippen molar-refractivity contribution in [1.29, 1.82) is 0 Å². The van der Waals surface area contributed by atoms with E-state index in [1.54, 1.807) is 0 Å². The van der Waals surface area contributed by atoms with Crippen molar-refractivity contribution in [1.82, 2.24) is 9.97 Å². The molecule has 0 atom stereocenters. The first kappa shape index (κ1) is 16.9. The lowest BCUT2D eigenvalue weighted by Crippen LogP contribution is -2.09. The zero-order valence-corrected chi connectivity index (χ0v) is 15.0. The number of amides is 1. The lowest BCUT2D eigenvalue weighted by molar-refractivity contribution is -0.115. The topological polar surface area (TPSA) is 54.9 Å². The van der Waals surface area contributed by atoms with Crippen LogP contribution in [-0.2, 0) is 4.79 Å². The number of hydrogen-bond donors (Lipinski definition) is 1. The maximum Gasteiger partial charge on any atom is 0.224 e. The van der Waals surface area contributed by atoms with Crippen LogP contribution in [0.1, 0.15) is 13.3 Å². The van der Waals surface area contributed by atoms with Crippen LogP contribution in [-0.4, -0.2) is 15.9 Å². The Morgan fingerprint density at radius 3 is 1.89 bits per heavy atom. The number of hydrogen-bond acceptors (Lipinski definition) is 3. The Hall–Kier alpha value is -3.53. The van der Waals surface area contributed by atoms with E-state index in [0.29, 0.717) is 6.42 Å². The van der Waals surface area contributed by atoms with Crippen LogP contribution >= 0.6 is 0 Å². The molecular weight excluding hydrogens is 334 g/mol. The molecule has 4 rings (SSSR count). The molecule has 1 N–H and O–H groups in total. The van der Waals surface area contributed by atoms with Gasteiger partial charge in [-0.2, -0.15) is 0 Å². The number of carbonyl (C=O) groups is 1. The molecule has 132 valence electrons. The van der Waals surface area contributed by atoms with Crippen molar-refractivity contribution in [3.05, 3.63) is 78.9 Å². The van der Waals surface area contributed by atoms with Crippen LogP contribution in [0, 0.1) is 0 Å². The number of nitrogens with zero attached hydrogens (tertiary/aromatic N) is 2. The first-order chi connectivity index (χ1) is 13.2. The van der Waals surface area contributed by atoms with Crippen LogP contribution in [0.2, 0.25) is 0 Å². The minimum absolute atomic E-state index is 0.0218. The Balaban J connectivity index is 1.91. The summed E-state index contributed by atoms with van der Waals surface area (Å²) in [7, 11) is 0. The van der Waals surface area contributed by atoms with E-state index in [9.17, 15) is 4.79 Å². The number of aromatic nitrogens is 2. The van der Waals surface area contributed by atoms with Gasteiger partial charge in [0.1, 0.15) is 0 Å². The molecule has 0 radical (unpaired) electrons. The Bertz CT molecular complexity index is 1090. The van der Waals surface area contributed by atoms with Gasteiger partial charge in [0.15, 0.2) is 0 Å². The van der Waals surface area contributed by atoms with Crippen molar-refractivity contribution >= 4 is 22.6 Å².